The molecule has 0 unspecified atom stereocenters. The van der Waals surface area contributed by atoms with Gasteiger partial charge in [-0.2, -0.15) is 4.52 Å². The van der Waals surface area contributed by atoms with E-state index in [1.807, 2.05) is 17.5 Å². The zero-order valence-electron chi connectivity index (χ0n) is 14.3. The van der Waals surface area contributed by atoms with Crippen molar-refractivity contribution in [2.75, 3.05) is 18.8 Å². The van der Waals surface area contributed by atoms with Crippen LogP contribution in [0.15, 0.2) is 40.3 Å². The molecule has 10 heteroatoms. The normalized spacial score (nSPS) is 15.3. The van der Waals surface area contributed by atoms with E-state index >= 15 is 0 Å². The molecular weight excluding hydrogens is 364 g/mol. The smallest absolute Gasteiger partial charge is 0.223 e. The molecule has 5 heterocycles. The SMILES string of the molecule is Nc1nc(C2=CCN(Cc3csnn3)CC2)cc2nc(-c3ccco3)nn12. The summed E-state index contributed by atoms with van der Waals surface area (Å²) in [6, 6.07) is 5.53. The molecule has 0 bridgehead atoms. The topological polar surface area (TPSA) is 111 Å². The molecule has 0 radical (unpaired) electrons. The van der Waals surface area contributed by atoms with Gasteiger partial charge >= 0.3 is 0 Å². The highest BCUT2D eigenvalue weighted by molar-refractivity contribution is 7.03. The van der Waals surface area contributed by atoms with Gasteiger partial charge in [-0.15, -0.1) is 10.2 Å². The van der Waals surface area contributed by atoms with E-state index in [9.17, 15) is 0 Å². The van der Waals surface area contributed by atoms with Crippen molar-refractivity contribution in [3.05, 3.63) is 47.3 Å². The number of furan rings is 1. The molecule has 4 aromatic heterocycles. The number of aromatic nitrogens is 6. The van der Waals surface area contributed by atoms with E-state index in [4.69, 9.17) is 10.2 Å². The number of hydrogen-bond donors (Lipinski definition) is 1. The molecule has 1 aliphatic heterocycles. The number of anilines is 1. The van der Waals surface area contributed by atoms with E-state index in [2.05, 4.69) is 35.6 Å². The Balaban J connectivity index is 1.41. The molecule has 136 valence electrons. The number of nitrogen functional groups attached to an aromatic ring is 1. The fraction of sp³-hybridized carbons (Fsp3) is 0.235. The van der Waals surface area contributed by atoms with Gasteiger partial charge in [-0.1, -0.05) is 10.6 Å². The standard InChI is InChI=1S/C17H16N8OS/c18-17-19-13(8-15-20-16(22-25(15)17)14-2-1-7-26-14)11-3-5-24(6-4-11)9-12-10-27-23-21-12/h1-3,7-8,10H,4-6,9H2,(H2,18,19). The van der Waals surface area contributed by atoms with Gasteiger partial charge < -0.3 is 10.2 Å². The van der Waals surface area contributed by atoms with Crippen LogP contribution in [0.1, 0.15) is 17.8 Å². The summed E-state index contributed by atoms with van der Waals surface area (Å²) in [6.45, 7) is 2.58. The van der Waals surface area contributed by atoms with E-state index in [0.717, 1.165) is 37.4 Å². The Hall–Kier alpha value is -3.11. The maximum Gasteiger partial charge on any atom is 0.223 e. The lowest BCUT2D eigenvalue weighted by Crippen LogP contribution is -2.28. The lowest BCUT2D eigenvalue weighted by atomic mass is 10.0. The van der Waals surface area contributed by atoms with E-state index in [0.29, 0.717) is 23.2 Å². The van der Waals surface area contributed by atoms with Gasteiger partial charge in [0, 0.05) is 31.1 Å². The minimum atomic E-state index is 0.310. The Morgan fingerprint density at radius 2 is 2.26 bits per heavy atom. The minimum Gasteiger partial charge on any atom is -0.461 e. The Kier molecular flexibility index (Phi) is 3.91. The maximum atomic E-state index is 6.12. The van der Waals surface area contributed by atoms with Crippen LogP contribution < -0.4 is 5.73 Å². The second-order valence-corrected chi connectivity index (χ2v) is 6.90. The molecule has 5 rings (SSSR count). The second kappa shape index (κ2) is 6.56. The molecule has 0 spiro atoms. The summed E-state index contributed by atoms with van der Waals surface area (Å²) in [6.07, 6.45) is 4.67. The van der Waals surface area contributed by atoms with Gasteiger partial charge in [-0.25, -0.2) is 9.97 Å². The molecule has 9 nitrogen and oxygen atoms in total. The Morgan fingerprint density at radius 3 is 3.00 bits per heavy atom. The van der Waals surface area contributed by atoms with Crippen LogP contribution in [-0.4, -0.2) is 47.2 Å². The quantitative estimate of drug-likeness (QED) is 0.573. The van der Waals surface area contributed by atoms with Crippen LogP contribution in [0.5, 0.6) is 0 Å². The van der Waals surface area contributed by atoms with Gasteiger partial charge in [-0.05, 0) is 35.7 Å². The predicted molar refractivity (Wildman–Crippen MR) is 101 cm³/mol. The largest absolute Gasteiger partial charge is 0.461 e. The first-order valence-corrected chi connectivity index (χ1v) is 9.35. The summed E-state index contributed by atoms with van der Waals surface area (Å²) in [5, 5.41) is 10.5. The first-order valence-electron chi connectivity index (χ1n) is 8.51. The molecule has 4 aromatic rings. The third-order valence-electron chi connectivity index (χ3n) is 4.50. The number of fused-ring (bicyclic) bond motifs is 1. The summed E-state index contributed by atoms with van der Waals surface area (Å²) < 4.78 is 10.8. The van der Waals surface area contributed by atoms with Crippen molar-refractivity contribution in [2.24, 2.45) is 0 Å². The zero-order chi connectivity index (χ0) is 18.2. The van der Waals surface area contributed by atoms with Crippen molar-refractivity contribution in [3.63, 3.8) is 0 Å². The lowest BCUT2D eigenvalue weighted by molar-refractivity contribution is 0.290. The van der Waals surface area contributed by atoms with Crippen molar-refractivity contribution in [1.29, 1.82) is 0 Å². The third-order valence-corrected chi connectivity index (χ3v) is 5.06. The molecule has 0 saturated heterocycles. The molecule has 27 heavy (non-hydrogen) atoms. The van der Waals surface area contributed by atoms with Gasteiger partial charge in [0.05, 0.1) is 17.7 Å². The molecule has 0 amide bonds. The average Bonchev–Trinajstić information content (AvgIpc) is 3.43. The Morgan fingerprint density at radius 1 is 1.30 bits per heavy atom. The number of nitrogens with two attached hydrogens (primary N) is 1. The van der Waals surface area contributed by atoms with Crippen molar-refractivity contribution in [3.8, 4) is 11.6 Å². The molecule has 0 aromatic carbocycles. The molecule has 1 aliphatic rings. The number of rotatable bonds is 4. The Labute approximate surface area is 158 Å². The first-order chi connectivity index (χ1) is 13.3. The molecule has 0 aliphatic carbocycles. The maximum absolute atomic E-state index is 6.12. The lowest BCUT2D eigenvalue weighted by Gasteiger charge is -2.25. The Bertz CT molecular complexity index is 1100. The average molecular weight is 380 g/mol. The van der Waals surface area contributed by atoms with E-state index in [1.54, 1.807) is 12.3 Å². The fourth-order valence-corrected chi connectivity index (χ4v) is 3.60. The molecular formula is C17H16N8OS. The summed E-state index contributed by atoms with van der Waals surface area (Å²) in [4.78, 5) is 11.4. The van der Waals surface area contributed by atoms with Crippen molar-refractivity contribution >= 4 is 28.7 Å². The van der Waals surface area contributed by atoms with Gasteiger partial charge in [-0.3, -0.25) is 4.90 Å². The van der Waals surface area contributed by atoms with Crippen molar-refractivity contribution < 1.29 is 4.42 Å². The van der Waals surface area contributed by atoms with Crippen LogP contribution >= 0.6 is 11.5 Å². The highest BCUT2D eigenvalue weighted by atomic mass is 32.1. The highest BCUT2D eigenvalue weighted by Gasteiger charge is 2.18. The zero-order valence-corrected chi connectivity index (χ0v) is 15.1. The minimum absolute atomic E-state index is 0.310. The van der Waals surface area contributed by atoms with Crippen LogP contribution in [0.3, 0.4) is 0 Å². The van der Waals surface area contributed by atoms with Crippen LogP contribution in [0.2, 0.25) is 0 Å². The molecule has 0 fully saturated rings. The highest BCUT2D eigenvalue weighted by Crippen LogP contribution is 2.25. The molecule has 0 atom stereocenters. The summed E-state index contributed by atoms with van der Waals surface area (Å²) in [7, 11) is 0. The molecule has 0 saturated carbocycles. The fourth-order valence-electron chi connectivity index (χ4n) is 3.16. The summed E-state index contributed by atoms with van der Waals surface area (Å²) in [5.74, 6) is 1.40. The van der Waals surface area contributed by atoms with Gasteiger partial charge in [0.15, 0.2) is 11.4 Å². The first kappa shape index (κ1) is 16.1. The van der Waals surface area contributed by atoms with Crippen molar-refractivity contribution in [2.45, 2.75) is 13.0 Å². The summed E-state index contributed by atoms with van der Waals surface area (Å²) in [5.41, 5.74) is 9.78. The van der Waals surface area contributed by atoms with Crippen LogP contribution in [-0.2, 0) is 6.54 Å². The van der Waals surface area contributed by atoms with E-state index < -0.39 is 0 Å². The van der Waals surface area contributed by atoms with Gasteiger partial charge in [0.25, 0.3) is 0 Å². The molecule has 2 N–H and O–H groups in total. The second-order valence-electron chi connectivity index (χ2n) is 6.29. The van der Waals surface area contributed by atoms with Crippen LogP contribution in [0, 0.1) is 0 Å². The predicted octanol–water partition coefficient (Wildman–Crippen LogP) is 2.11. The van der Waals surface area contributed by atoms with E-state index in [-0.39, 0.29) is 0 Å². The third kappa shape index (κ3) is 3.09. The van der Waals surface area contributed by atoms with Crippen molar-refractivity contribution in [1.82, 2.24) is 34.1 Å². The number of hydrogen-bond acceptors (Lipinski definition) is 9. The van der Waals surface area contributed by atoms with E-state index in [1.165, 1.54) is 21.6 Å². The van der Waals surface area contributed by atoms with Crippen LogP contribution in [0.25, 0.3) is 22.8 Å². The monoisotopic (exact) mass is 380 g/mol. The summed E-state index contributed by atoms with van der Waals surface area (Å²) >= 11 is 1.38. The van der Waals surface area contributed by atoms with Crippen LogP contribution in [0.4, 0.5) is 5.95 Å². The van der Waals surface area contributed by atoms with Gasteiger partial charge in [0.1, 0.15) is 0 Å². The van der Waals surface area contributed by atoms with Gasteiger partial charge in [0.2, 0.25) is 11.8 Å². The number of nitrogens with zero attached hydrogens (tertiary/aromatic N) is 7.